The first kappa shape index (κ1) is 19.4. The van der Waals surface area contributed by atoms with Gasteiger partial charge in [-0.05, 0) is 56.5 Å². The van der Waals surface area contributed by atoms with E-state index in [1.807, 2.05) is 12.1 Å². The van der Waals surface area contributed by atoms with E-state index in [1.54, 1.807) is 12.1 Å². The van der Waals surface area contributed by atoms with Gasteiger partial charge in [0.05, 0.1) is 11.3 Å². The lowest BCUT2D eigenvalue weighted by Gasteiger charge is -2.39. The first-order valence-electron chi connectivity index (χ1n) is 9.97. The van der Waals surface area contributed by atoms with Crippen LogP contribution in [0.4, 0.5) is 13.2 Å². The van der Waals surface area contributed by atoms with Crippen LogP contribution >= 0.6 is 0 Å². The Bertz CT molecular complexity index is 802. The van der Waals surface area contributed by atoms with E-state index in [0.717, 1.165) is 63.7 Å². The molecule has 1 atom stereocenters. The van der Waals surface area contributed by atoms with Gasteiger partial charge in [0.15, 0.2) is 0 Å². The van der Waals surface area contributed by atoms with Crippen LogP contribution in [0.1, 0.15) is 42.9 Å². The minimum atomic E-state index is -4.35. The number of nitrogens with zero attached hydrogens (tertiary/aromatic N) is 2. The van der Waals surface area contributed by atoms with Crippen LogP contribution in [0.15, 0.2) is 42.5 Å². The Balaban J connectivity index is 1.53. The Morgan fingerprint density at radius 1 is 1.00 bits per heavy atom. The normalized spacial score (nSPS) is 22.3. The molecular formula is C22H25F3N2O. The zero-order valence-electron chi connectivity index (χ0n) is 15.8. The predicted molar refractivity (Wildman–Crippen MR) is 102 cm³/mol. The molecule has 0 aliphatic carbocycles. The fraction of sp³-hybridized carbons (Fsp3) is 0.500. The van der Waals surface area contributed by atoms with Crippen LogP contribution in [0.25, 0.3) is 11.3 Å². The van der Waals surface area contributed by atoms with Crippen LogP contribution in [0, 0.1) is 0 Å². The maximum atomic E-state index is 13.0. The number of alkyl halides is 3. The lowest BCUT2D eigenvalue weighted by Crippen LogP contribution is -2.44. The molecule has 3 heterocycles. The Morgan fingerprint density at radius 3 is 2.57 bits per heavy atom. The molecule has 28 heavy (non-hydrogen) atoms. The number of pyridine rings is 1. The molecule has 6 heteroatoms. The molecule has 0 amide bonds. The third-order valence-electron chi connectivity index (χ3n) is 5.83. The molecule has 2 fully saturated rings. The summed E-state index contributed by atoms with van der Waals surface area (Å²) in [5.41, 5.74) is 1.45. The molecule has 1 aromatic carbocycles. The number of hydrogen-bond acceptors (Lipinski definition) is 3. The highest BCUT2D eigenvalue weighted by atomic mass is 19.4. The van der Waals surface area contributed by atoms with Crippen LogP contribution in [0.2, 0.25) is 0 Å². The van der Waals surface area contributed by atoms with Crippen LogP contribution in [0.3, 0.4) is 0 Å². The van der Waals surface area contributed by atoms with Gasteiger partial charge in [0.2, 0.25) is 0 Å². The van der Waals surface area contributed by atoms with E-state index >= 15 is 0 Å². The Labute approximate surface area is 163 Å². The second-order valence-electron chi connectivity index (χ2n) is 7.70. The Morgan fingerprint density at radius 2 is 1.79 bits per heavy atom. The lowest BCUT2D eigenvalue weighted by molar-refractivity contribution is -0.137. The lowest BCUT2D eigenvalue weighted by atomic mass is 9.91. The number of piperidine rings is 1. The number of aromatic nitrogens is 1. The molecule has 2 aromatic rings. The van der Waals surface area contributed by atoms with Crippen molar-refractivity contribution in [3.8, 4) is 11.3 Å². The molecule has 3 nitrogen and oxygen atoms in total. The van der Waals surface area contributed by atoms with E-state index in [2.05, 4.69) is 4.90 Å². The van der Waals surface area contributed by atoms with Crippen molar-refractivity contribution < 1.29 is 17.9 Å². The zero-order chi connectivity index (χ0) is 19.6. The van der Waals surface area contributed by atoms with Crippen molar-refractivity contribution in [1.82, 2.24) is 9.88 Å². The summed E-state index contributed by atoms with van der Waals surface area (Å²) in [6, 6.07) is 11.7. The highest BCUT2D eigenvalue weighted by molar-refractivity contribution is 5.60. The first-order chi connectivity index (χ1) is 13.5. The highest BCUT2D eigenvalue weighted by Gasteiger charge is 2.31. The van der Waals surface area contributed by atoms with Crippen LogP contribution in [-0.4, -0.2) is 42.2 Å². The molecule has 2 aliphatic heterocycles. The molecule has 0 N–H and O–H groups in total. The van der Waals surface area contributed by atoms with E-state index in [9.17, 15) is 13.2 Å². The predicted octanol–water partition coefficient (Wildman–Crippen LogP) is 5.13. The first-order valence-corrected chi connectivity index (χ1v) is 9.97. The standard InChI is InChI=1S/C22H25F3N2O/c23-22(24,25)18-6-1-4-16(14-18)20-7-2-8-21(26-20)17-5-3-11-27(15-17)19-9-12-28-13-10-19/h1-2,4,6-8,14,17,19H,3,5,9-13,15H2. The number of rotatable bonds is 3. The number of ether oxygens (including phenoxy) is 1. The van der Waals surface area contributed by atoms with Crippen molar-refractivity contribution in [2.24, 2.45) is 0 Å². The van der Waals surface area contributed by atoms with Crippen LogP contribution in [-0.2, 0) is 10.9 Å². The molecular weight excluding hydrogens is 365 g/mol. The fourth-order valence-corrected chi connectivity index (χ4v) is 4.32. The molecule has 2 saturated heterocycles. The van der Waals surface area contributed by atoms with E-state index in [-0.39, 0.29) is 0 Å². The maximum absolute atomic E-state index is 13.0. The average Bonchev–Trinajstić information content (AvgIpc) is 2.74. The Kier molecular flexibility index (Phi) is 5.69. The van der Waals surface area contributed by atoms with Gasteiger partial charge in [-0.3, -0.25) is 9.88 Å². The van der Waals surface area contributed by atoms with Crippen molar-refractivity contribution in [1.29, 1.82) is 0 Å². The maximum Gasteiger partial charge on any atom is 0.416 e. The molecule has 1 unspecified atom stereocenters. The van der Waals surface area contributed by atoms with Gasteiger partial charge in [-0.2, -0.15) is 13.2 Å². The highest BCUT2D eigenvalue weighted by Crippen LogP contribution is 2.33. The summed E-state index contributed by atoms with van der Waals surface area (Å²) in [6.07, 6.45) is -0.00764. The minimum Gasteiger partial charge on any atom is -0.381 e. The molecule has 0 bridgehead atoms. The topological polar surface area (TPSA) is 25.4 Å². The van der Waals surface area contributed by atoms with Gasteiger partial charge in [0.25, 0.3) is 0 Å². The summed E-state index contributed by atoms with van der Waals surface area (Å²) < 4.78 is 44.6. The summed E-state index contributed by atoms with van der Waals surface area (Å²) in [7, 11) is 0. The monoisotopic (exact) mass is 390 g/mol. The molecule has 2 aliphatic rings. The summed E-state index contributed by atoms with van der Waals surface area (Å²) >= 11 is 0. The van der Waals surface area contributed by atoms with Gasteiger partial charge in [0, 0.05) is 43.0 Å². The van der Waals surface area contributed by atoms with Crippen molar-refractivity contribution in [3.05, 3.63) is 53.7 Å². The summed E-state index contributed by atoms with van der Waals surface area (Å²) in [4.78, 5) is 7.30. The Hall–Kier alpha value is -1.92. The number of benzene rings is 1. The van der Waals surface area contributed by atoms with Gasteiger partial charge < -0.3 is 4.74 Å². The van der Waals surface area contributed by atoms with E-state index in [1.165, 1.54) is 12.1 Å². The van der Waals surface area contributed by atoms with Crippen LogP contribution in [0.5, 0.6) is 0 Å². The van der Waals surface area contributed by atoms with Crippen molar-refractivity contribution in [2.45, 2.75) is 43.8 Å². The third kappa shape index (κ3) is 4.39. The van der Waals surface area contributed by atoms with E-state index in [4.69, 9.17) is 9.72 Å². The minimum absolute atomic E-state index is 0.322. The van der Waals surface area contributed by atoms with Gasteiger partial charge in [-0.15, -0.1) is 0 Å². The fourth-order valence-electron chi connectivity index (χ4n) is 4.32. The van der Waals surface area contributed by atoms with Gasteiger partial charge in [0.1, 0.15) is 0 Å². The van der Waals surface area contributed by atoms with Gasteiger partial charge >= 0.3 is 6.18 Å². The second kappa shape index (κ2) is 8.21. The third-order valence-corrected chi connectivity index (χ3v) is 5.83. The second-order valence-corrected chi connectivity index (χ2v) is 7.70. The number of likely N-dealkylation sites (tertiary alicyclic amines) is 1. The average molecular weight is 390 g/mol. The van der Waals surface area contributed by atoms with Crippen molar-refractivity contribution in [2.75, 3.05) is 26.3 Å². The summed E-state index contributed by atoms with van der Waals surface area (Å²) in [5, 5.41) is 0. The van der Waals surface area contributed by atoms with Gasteiger partial charge in [-0.1, -0.05) is 18.2 Å². The smallest absolute Gasteiger partial charge is 0.381 e. The number of hydrogen-bond donors (Lipinski definition) is 0. The summed E-state index contributed by atoms with van der Waals surface area (Å²) in [5.74, 6) is 0.322. The molecule has 150 valence electrons. The molecule has 4 rings (SSSR count). The van der Waals surface area contributed by atoms with Gasteiger partial charge in [-0.25, -0.2) is 0 Å². The molecule has 0 radical (unpaired) electrons. The molecule has 1 aromatic heterocycles. The molecule has 0 spiro atoms. The quantitative estimate of drug-likeness (QED) is 0.727. The van der Waals surface area contributed by atoms with E-state index in [0.29, 0.717) is 23.2 Å². The largest absolute Gasteiger partial charge is 0.416 e. The SMILES string of the molecule is FC(F)(F)c1cccc(-c2cccc(C3CCCN(C4CCOCC4)C3)n2)c1. The summed E-state index contributed by atoms with van der Waals surface area (Å²) in [6.45, 7) is 3.72. The van der Waals surface area contributed by atoms with Crippen molar-refractivity contribution in [3.63, 3.8) is 0 Å². The molecule has 0 saturated carbocycles. The van der Waals surface area contributed by atoms with Crippen LogP contribution < -0.4 is 0 Å². The van der Waals surface area contributed by atoms with Crippen molar-refractivity contribution >= 4 is 0 Å². The van der Waals surface area contributed by atoms with E-state index < -0.39 is 11.7 Å². The number of halogens is 3. The zero-order valence-corrected chi connectivity index (χ0v) is 15.8.